The zero-order chi connectivity index (χ0) is 19.9. The Morgan fingerprint density at radius 1 is 1.11 bits per heavy atom. The third kappa shape index (κ3) is 3.02. The van der Waals surface area contributed by atoms with Crippen LogP contribution in [0.15, 0.2) is 60.9 Å². The quantitative estimate of drug-likeness (QED) is 0.581. The predicted octanol–water partition coefficient (Wildman–Crippen LogP) is 4.33. The van der Waals surface area contributed by atoms with Crippen molar-refractivity contribution in [2.45, 2.75) is 19.4 Å². The Bertz CT molecular complexity index is 1230. The maximum Gasteiger partial charge on any atom is 0.141 e. The topological polar surface area (TPSA) is 74.7 Å². The Balaban J connectivity index is 1.83. The molecular weight excluding hydrogens is 355 g/mol. The number of hydrogen-bond acceptors (Lipinski definition) is 4. The van der Waals surface area contributed by atoms with Gasteiger partial charge < -0.3 is 5.11 Å². The summed E-state index contributed by atoms with van der Waals surface area (Å²) < 4.78 is 15.8. The van der Waals surface area contributed by atoms with E-state index in [0.717, 1.165) is 16.6 Å². The Hall–Kier alpha value is -3.56. The van der Waals surface area contributed by atoms with Gasteiger partial charge in [0.2, 0.25) is 0 Å². The van der Waals surface area contributed by atoms with Gasteiger partial charge in [0.25, 0.3) is 0 Å². The summed E-state index contributed by atoms with van der Waals surface area (Å²) in [7, 11) is 0. The third-order valence-electron chi connectivity index (χ3n) is 4.64. The lowest BCUT2D eigenvalue weighted by atomic mass is 9.98. The maximum atomic E-state index is 14.0. The second-order valence-corrected chi connectivity index (χ2v) is 7.03. The zero-order valence-corrected chi connectivity index (χ0v) is 15.4. The number of pyridine rings is 1. The number of nitriles is 1. The molecule has 0 aliphatic carbocycles. The molecule has 0 saturated carbocycles. The van der Waals surface area contributed by atoms with E-state index < -0.39 is 11.4 Å². The number of nitrogens with zero attached hydrogens (tertiary/aromatic N) is 4. The molecule has 0 radical (unpaired) electrons. The van der Waals surface area contributed by atoms with E-state index in [9.17, 15) is 14.8 Å². The first-order valence-electron chi connectivity index (χ1n) is 8.75. The van der Waals surface area contributed by atoms with Crippen molar-refractivity contribution in [1.82, 2.24) is 14.5 Å². The van der Waals surface area contributed by atoms with E-state index in [-0.39, 0.29) is 5.56 Å². The average molecular weight is 372 g/mol. The molecule has 2 aromatic carbocycles. The Morgan fingerprint density at radius 3 is 2.64 bits per heavy atom. The van der Waals surface area contributed by atoms with Crippen molar-refractivity contribution in [2.75, 3.05) is 0 Å². The third-order valence-corrected chi connectivity index (χ3v) is 4.64. The van der Waals surface area contributed by atoms with Crippen LogP contribution >= 0.6 is 0 Å². The van der Waals surface area contributed by atoms with Gasteiger partial charge in [0.1, 0.15) is 24.0 Å². The van der Waals surface area contributed by atoms with Crippen LogP contribution in [0.1, 0.15) is 25.0 Å². The number of benzene rings is 2. The fourth-order valence-corrected chi connectivity index (χ4v) is 3.13. The lowest BCUT2D eigenvalue weighted by molar-refractivity contribution is 0.0787. The molecule has 0 saturated heterocycles. The number of imidazole rings is 1. The monoisotopic (exact) mass is 372 g/mol. The van der Waals surface area contributed by atoms with E-state index in [1.54, 1.807) is 44.4 Å². The lowest BCUT2D eigenvalue weighted by Crippen LogP contribution is -2.15. The molecule has 0 aliphatic rings. The molecule has 5 nitrogen and oxygen atoms in total. The van der Waals surface area contributed by atoms with Crippen molar-refractivity contribution in [2.24, 2.45) is 0 Å². The molecule has 6 heteroatoms. The zero-order valence-electron chi connectivity index (χ0n) is 15.4. The molecule has 0 fully saturated rings. The van der Waals surface area contributed by atoms with E-state index in [2.05, 4.69) is 9.97 Å². The van der Waals surface area contributed by atoms with Crippen molar-refractivity contribution in [3.63, 3.8) is 0 Å². The fourth-order valence-electron chi connectivity index (χ4n) is 3.13. The highest BCUT2D eigenvalue weighted by atomic mass is 19.1. The fraction of sp³-hybridized carbons (Fsp3) is 0.136. The standard InChI is InChI=1S/C22H17FN4O/c1-22(2,28)14-9-10-20-19(11-14)25-13-27(20)21-8-4-7-18(26-21)15-5-3-6-17(23)16(15)12-24/h3-11,13,28H,1-2H3. The van der Waals surface area contributed by atoms with E-state index in [1.807, 2.05) is 34.9 Å². The second-order valence-electron chi connectivity index (χ2n) is 7.03. The predicted molar refractivity (Wildman–Crippen MR) is 104 cm³/mol. The molecular formula is C22H17FN4O. The molecule has 1 N–H and O–H groups in total. The summed E-state index contributed by atoms with van der Waals surface area (Å²) in [5, 5.41) is 19.5. The molecule has 0 spiro atoms. The summed E-state index contributed by atoms with van der Waals surface area (Å²) in [6.07, 6.45) is 1.65. The first-order chi connectivity index (χ1) is 13.4. The van der Waals surface area contributed by atoms with Crippen LogP contribution < -0.4 is 0 Å². The molecule has 138 valence electrons. The van der Waals surface area contributed by atoms with Gasteiger partial charge in [-0.1, -0.05) is 24.3 Å². The smallest absolute Gasteiger partial charge is 0.141 e. The Labute approximate surface area is 161 Å². The molecule has 0 amide bonds. The number of rotatable bonds is 3. The summed E-state index contributed by atoms with van der Waals surface area (Å²) in [5.41, 5.74) is 2.29. The summed E-state index contributed by atoms with van der Waals surface area (Å²) in [4.78, 5) is 9.03. The molecule has 2 aromatic heterocycles. The summed E-state index contributed by atoms with van der Waals surface area (Å²) in [6.45, 7) is 3.45. The van der Waals surface area contributed by atoms with Crippen LogP contribution in [0, 0.1) is 17.1 Å². The van der Waals surface area contributed by atoms with Crippen molar-refractivity contribution < 1.29 is 9.50 Å². The highest BCUT2D eigenvalue weighted by Crippen LogP contribution is 2.27. The van der Waals surface area contributed by atoms with Crippen molar-refractivity contribution in [3.8, 4) is 23.1 Å². The number of aromatic nitrogens is 3. The molecule has 28 heavy (non-hydrogen) atoms. The van der Waals surface area contributed by atoms with Crippen LogP contribution in [0.25, 0.3) is 28.1 Å². The highest BCUT2D eigenvalue weighted by molar-refractivity contribution is 5.78. The molecule has 0 atom stereocenters. The van der Waals surface area contributed by atoms with E-state index in [1.165, 1.54) is 6.07 Å². The van der Waals surface area contributed by atoms with E-state index in [4.69, 9.17) is 0 Å². The van der Waals surface area contributed by atoms with Gasteiger partial charge in [-0.15, -0.1) is 0 Å². The van der Waals surface area contributed by atoms with Crippen molar-refractivity contribution >= 4 is 11.0 Å². The maximum absolute atomic E-state index is 14.0. The SMILES string of the molecule is CC(C)(O)c1ccc2c(c1)ncn2-c1cccc(-c2cccc(F)c2C#N)n1. The summed E-state index contributed by atoms with van der Waals surface area (Å²) in [5.74, 6) is 0.0311. The molecule has 0 aliphatic heterocycles. The molecule has 2 heterocycles. The Morgan fingerprint density at radius 2 is 1.89 bits per heavy atom. The first-order valence-corrected chi connectivity index (χ1v) is 8.75. The van der Waals surface area contributed by atoms with Gasteiger partial charge in [0.15, 0.2) is 0 Å². The molecule has 4 aromatic rings. The number of fused-ring (bicyclic) bond motifs is 1. The molecule has 0 bridgehead atoms. The normalized spacial score (nSPS) is 11.5. The first kappa shape index (κ1) is 17.8. The van der Waals surface area contributed by atoms with Crippen LogP contribution in [0.4, 0.5) is 4.39 Å². The van der Waals surface area contributed by atoms with Gasteiger partial charge in [-0.25, -0.2) is 14.4 Å². The van der Waals surface area contributed by atoms with Gasteiger partial charge in [0, 0.05) is 5.56 Å². The van der Waals surface area contributed by atoms with Gasteiger partial charge in [-0.05, 0) is 49.7 Å². The van der Waals surface area contributed by atoms with E-state index >= 15 is 0 Å². The van der Waals surface area contributed by atoms with Crippen LogP contribution in [-0.4, -0.2) is 19.6 Å². The van der Waals surface area contributed by atoms with Crippen molar-refractivity contribution in [3.05, 3.63) is 77.9 Å². The number of hydrogen-bond donors (Lipinski definition) is 1. The minimum Gasteiger partial charge on any atom is -0.386 e. The van der Waals surface area contributed by atoms with Crippen LogP contribution in [-0.2, 0) is 5.60 Å². The minimum absolute atomic E-state index is 0.0301. The largest absolute Gasteiger partial charge is 0.386 e. The highest BCUT2D eigenvalue weighted by Gasteiger charge is 2.18. The Kier molecular flexibility index (Phi) is 4.17. The minimum atomic E-state index is -0.957. The average Bonchev–Trinajstić information content (AvgIpc) is 3.10. The van der Waals surface area contributed by atoms with Gasteiger partial charge in [-0.3, -0.25) is 4.57 Å². The number of halogens is 1. The summed E-state index contributed by atoms with van der Waals surface area (Å²) >= 11 is 0. The van der Waals surface area contributed by atoms with Gasteiger partial charge in [-0.2, -0.15) is 5.26 Å². The lowest BCUT2D eigenvalue weighted by Gasteiger charge is -2.17. The van der Waals surface area contributed by atoms with Crippen molar-refractivity contribution in [1.29, 1.82) is 5.26 Å². The second kappa shape index (κ2) is 6.55. The van der Waals surface area contributed by atoms with Crippen LogP contribution in [0.2, 0.25) is 0 Å². The van der Waals surface area contributed by atoms with Crippen LogP contribution in [0.3, 0.4) is 0 Å². The van der Waals surface area contributed by atoms with Crippen LogP contribution in [0.5, 0.6) is 0 Å². The van der Waals surface area contributed by atoms with Gasteiger partial charge >= 0.3 is 0 Å². The summed E-state index contributed by atoms with van der Waals surface area (Å²) in [6, 6.07) is 17.3. The molecule has 4 rings (SSSR count). The molecule has 0 unspecified atom stereocenters. The van der Waals surface area contributed by atoms with E-state index in [0.29, 0.717) is 17.1 Å². The number of aliphatic hydroxyl groups is 1. The van der Waals surface area contributed by atoms with Gasteiger partial charge in [0.05, 0.1) is 27.9 Å².